The Morgan fingerprint density at radius 1 is 1.35 bits per heavy atom. The summed E-state index contributed by atoms with van der Waals surface area (Å²) in [6.45, 7) is 2.58. The van der Waals surface area contributed by atoms with Crippen LogP contribution < -0.4 is 10.6 Å². The SMILES string of the molecule is CCc1ccc(NC(=O)N[C@H]2CCN(C3CCC3)C2=O)cc1F. The largest absolute Gasteiger partial charge is 0.338 e. The number of likely N-dealkylation sites (tertiary alicyclic amines) is 1. The maximum atomic E-state index is 13.7. The predicted molar refractivity (Wildman–Crippen MR) is 85.7 cm³/mol. The van der Waals surface area contributed by atoms with E-state index in [4.69, 9.17) is 0 Å². The molecule has 2 N–H and O–H groups in total. The molecule has 1 saturated carbocycles. The molecule has 1 saturated heterocycles. The molecule has 1 aliphatic heterocycles. The van der Waals surface area contributed by atoms with Gasteiger partial charge in [-0.25, -0.2) is 9.18 Å². The van der Waals surface area contributed by atoms with Gasteiger partial charge in [0, 0.05) is 18.3 Å². The number of nitrogens with one attached hydrogen (secondary N) is 2. The van der Waals surface area contributed by atoms with Crippen molar-refractivity contribution in [3.8, 4) is 0 Å². The highest BCUT2D eigenvalue weighted by Crippen LogP contribution is 2.28. The number of halogens is 1. The standard InChI is InChI=1S/C17H22FN3O2/c1-2-11-6-7-12(10-14(11)18)19-17(23)20-15-8-9-21(16(15)22)13-4-3-5-13/h6-7,10,13,15H,2-5,8-9H2,1H3,(H2,19,20,23)/t15-/m0/s1. The summed E-state index contributed by atoms with van der Waals surface area (Å²) in [6, 6.07) is 4.03. The normalized spacial score (nSPS) is 21.2. The second-order valence-electron chi connectivity index (χ2n) is 6.22. The summed E-state index contributed by atoms with van der Waals surface area (Å²) in [4.78, 5) is 26.2. The minimum atomic E-state index is -0.477. The Morgan fingerprint density at radius 3 is 2.74 bits per heavy atom. The van der Waals surface area contributed by atoms with E-state index in [9.17, 15) is 14.0 Å². The maximum absolute atomic E-state index is 13.7. The molecule has 0 aromatic heterocycles. The van der Waals surface area contributed by atoms with Crippen LogP contribution in [0, 0.1) is 5.82 Å². The van der Waals surface area contributed by atoms with E-state index in [1.807, 2.05) is 11.8 Å². The van der Waals surface area contributed by atoms with Crippen LogP contribution in [0.5, 0.6) is 0 Å². The Hall–Kier alpha value is -2.11. The third-order valence-corrected chi connectivity index (χ3v) is 4.75. The Labute approximate surface area is 135 Å². The van der Waals surface area contributed by atoms with Gasteiger partial charge in [0.05, 0.1) is 0 Å². The molecule has 1 aromatic carbocycles. The molecular formula is C17H22FN3O2. The average molecular weight is 319 g/mol. The van der Waals surface area contributed by atoms with Crippen LogP contribution in [0.3, 0.4) is 0 Å². The zero-order valence-corrected chi connectivity index (χ0v) is 13.3. The van der Waals surface area contributed by atoms with Crippen molar-refractivity contribution in [2.24, 2.45) is 0 Å². The number of nitrogens with zero attached hydrogens (tertiary/aromatic N) is 1. The summed E-state index contributed by atoms with van der Waals surface area (Å²) in [7, 11) is 0. The van der Waals surface area contributed by atoms with E-state index in [1.54, 1.807) is 12.1 Å². The number of amides is 3. The number of carbonyl (C=O) groups excluding carboxylic acids is 2. The molecule has 0 bridgehead atoms. The number of aryl methyl sites for hydroxylation is 1. The molecule has 2 aliphatic rings. The lowest BCUT2D eigenvalue weighted by molar-refractivity contribution is -0.132. The monoisotopic (exact) mass is 319 g/mol. The van der Waals surface area contributed by atoms with Crippen LogP contribution >= 0.6 is 0 Å². The van der Waals surface area contributed by atoms with Crippen LogP contribution in [0.4, 0.5) is 14.9 Å². The predicted octanol–water partition coefficient (Wildman–Crippen LogP) is 2.66. The van der Waals surface area contributed by atoms with Crippen molar-refractivity contribution in [3.63, 3.8) is 0 Å². The van der Waals surface area contributed by atoms with Crippen molar-refractivity contribution in [1.29, 1.82) is 0 Å². The van der Waals surface area contributed by atoms with Gasteiger partial charge in [-0.05, 0) is 49.8 Å². The number of anilines is 1. The first kappa shape index (κ1) is 15.8. The first-order valence-corrected chi connectivity index (χ1v) is 8.25. The van der Waals surface area contributed by atoms with Gasteiger partial charge in [0.1, 0.15) is 11.9 Å². The van der Waals surface area contributed by atoms with Crippen molar-refractivity contribution in [1.82, 2.24) is 10.2 Å². The number of benzene rings is 1. The zero-order chi connectivity index (χ0) is 16.4. The molecule has 1 heterocycles. The lowest BCUT2D eigenvalue weighted by atomic mass is 9.92. The first-order valence-electron chi connectivity index (χ1n) is 8.25. The minimum Gasteiger partial charge on any atom is -0.338 e. The summed E-state index contributed by atoms with van der Waals surface area (Å²) in [5, 5.41) is 5.29. The Kier molecular flexibility index (Phi) is 4.50. The highest BCUT2D eigenvalue weighted by Gasteiger charge is 2.38. The molecule has 1 aliphatic carbocycles. The van der Waals surface area contributed by atoms with Crippen molar-refractivity contribution < 1.29 is 14.0 Å². The summed E-state index contributed by atoms with van der Waals surface area (Å²) in [5.41, 5.74) is 0.997. The molecule has 0 unspecified atom stereocenters. The molecule has 3 rings (SSSR count). The van der Waals surface area contributed by atoms with Crippen molar-refractivity contribution >= 4 is 17.6 Å². The van der Waals surface area contributed by atoms with Gasteiger partial charge in [-0.2, -0.15) is 0 Å². The number of urea groups is 1. The quantitative estimate of drug-likeness (QED) is 0.896. The van der Waals surface area contributed by atoms with Gasteiger partial charge >= 0.3 is 6.03 Å². The van der Waals surface area contributed by atoms with Crippen molar-refractivity contribution in [2.75, 3.05) is 11.9 Å². The van der Waals surface area contributed by atoms with Gasteiger partial charge in [0.2, 0.25) is 5.91 Å². The Morgan fingerprint density at radius 2 is 2.13 bits per heavy atom. The topological polar surface area (TPSA) is 61.4 Å². The number of rotatable bonds is 4. The van der Waals surface area contributed by atoms with Crippen LogP contribution in [-0.2, 0) is 11.2 Å². The lowest BCUT2D eigenvalue weighted by Crippen LogP contribution is -2.47. The fourth-order valence-electron chi connectivity index (χ4n) is 3.13. The van der Waals surface area contributed by atoms with E-state index >= 15 is 0 Å². The molecule has 1 atom stereocenters. The first-order chi connectivity index (χ1) is 11.1. The van der Waals surface area contributed by atoms with Crippen molar-refractivity contribution in [3.05, 3.63) is 29.6 Å². The minimum absolute atomic E-state index is 0.00244. The van der Waals surface area contributed by atoms with Gasteiger partial charge in [0.25, 0.3) is 0 Å². The third kappa shape index (κ3) is 3.30. The van der Waals surface area contributed by atoms with Crippen molar-refractivity contribution in [2.45, 2.75) is 51.1 Å². The van der Waals surface area contributed by atoms with E-state index < -0.39 is 12.1 Å². The zero-order valence-electron chi connectivity index (χ0n) is 13.3. The molecule has 3 amide bonds. The van der Waals surface area contributed by atoms with Gasteiger partial charge in [-0.1, -0.05) is 13.0 Å². The summed E-state index contributed by atoms with van der Waals surface area (Å²) >= 11 is 0. The molecule has 124 valence electrons. The van der Waals surface area contributed by atoms with Crippen LogP contribution in [0.1, 0.15) is 38.2 Å². The van der Waals surface area contributed by atoms with Gasteiger partial charge in [-0.15, -0.1) is 0 Å². The molecule has 5 nitrogen and oxygen atoms in total. The second kappa shape index (κ2) is 6.56. The van der Waals surface area contributed by atoms with E-state index in [0.717, 1.165) is 12.8 Å². The highest BCUT2D eigenvalue weighted by atomic mass is 19.1. The average Bonchev–Trinajstić information content (AvgIpc) is 2.79. The van der Waals surface area contributed by atoms with E-state index in [1.165, 1.54) is 12.5 Å². The Bertz CT molecular complexity index is 616. The molecule has 0 spiro atoms. The third-order valence-electron chi connectivity index (χ3n) is 4.75. The van der Waals surface area contributed by atoms with Gasteiger partial charge < -0.3 is 15.5 Å². The molecule has 23 heavy (non-hydrogen) atoms. The fraction of sp³-hybridized carbons (Fsp3) is 0.529. The van der Waals surface area contributed by atoms with Crippen LogP contribution in [0.25, 0.3) is 0 Å². The maximum Gasteiger partial charge on any atom is 0.319 e. The summed E-state index contributed by atoms with van der Waals surface area (Å²) in [5.74, 6) is -0.337. The molecule has 2 fully saturated rings. The molecule has 0 radical (unpaired) electrons. The Balaban J connectivity index is 1.55. The van der Waals surface area contributed by atoms with Gasteiger partial charge in [0.15, 0.2) is 0 Å². The van der Waals surface area contributed by atoms with E-state index in [0.29, 0.717) is 36.7 Å². The van der Waals surface area contributed by atoms with Crippen LogP contribution in [0.15, 0.2) is 18.2 Å². The number of carbonyl (C=O) groups is 2. The van der Waals surface area contributed by atoms with Gasteiger partial charge in [-0.3, -0.25) is 4.79 Å². The smallest absolute Gasteiger partial charge is 0.319 e. The molecule has 1 aromatic rings. The summed E-state index contributed by atoms with van der Waals surface area (Å²) < 4.78 is 13.7. The van der Waals surface area contributed by atoms with Crippen LogP contribution in [-0.4, -0.2) is 35.5 Å². The summed E-state index contributed by atoms with van der Waals surface area (Å²) in [6.07, 6.45) is 4.53. The number of hydrogen-bond donors (Lipinski definition) is 2. The molecular weight excluding hydrogens is 297 g/mol. The highest BCUT2D eigenvalue weighted by molar-refractivity contribution is 5.94. The fourth-order valence-corrected chi connectivity index (χ4v) is 3.13. The molecule has 6 heteroatoms. The lowest BCUT2D eigenvalue weighted by Gasteiger charge is -2.34. The van der Waals surface area contributed by atoms with E-state index in [-0.39, 0.29) is 11.7 Å². The van der Waals surface area contributed by atoms with E-state index in [2.05, 4.69) is 10.6 Å². The second-order valence-corrected chi connectivity index (χ2v) is 6.22. The number of hydrogen-bond acceptors (Lipinski definition) is 2. The van der Waals surface area contributed by atoms with Crippen LogP contribution in [0.2, 0.25) is 0 Å².